The van der Waals surface area contributed by atoms with Gasteiger partial charge in [0.05, 0.1) is 25.3 Å². The number of hydrogen-bond acceptors (Lipinski definition) is 6. The lowest BCUT2D eigenvalue weighted by atomic mass is 9.87. The highest BCUT2D eigenvalue weighted by Crippen LogP contribution is 2.40. The number of halogens is 1. The van der Waals surface area contributed by atoms with E-state index in [-0.39, 0.29) is 32.8 Å². The molecule has 0 saturated carbocycles. The molecule has 0 aliphatic heterocycles. The summed E-state index contributed by atoms with van der Waals surface area (Å²) in [6.45, 7) is 0. The van der Waals surface area contributed by atoms with Gasteiger partial charge in [0, 0.05) is 0 Å². The fourth-order valence-electron chi connectivity index (χ4n) is 2.22. The van der Waals surface area contributed by atoms with Crippen molar-refractivity contribution in [3.63, 3.8) is 0 Å². The molecule has 7 heteroatoms. The van der Waals surface area contributed by atoms with Gasteiger partial charge in [-0.25, -0.2) is 0 Å². The first-order chi connectivity index (χ1) is 9.60. The van der Waals surface area contributed by atoms with Crippen LogP contribution >= 0.6 is 15.9 Å². The number of nitrogens with zero attached hydrogens (tertiary/aromatic N) is 1. The van der Waals surface area contributed by atoms with E-state index >= 15 is 0 Å². The third-order valence-electron chi connectivity index (χ3n) is 3.11. The Labute approximate surface area is 121 Å². The van der Waals surface area contributed by atoms with Gasteiger partial charge in [0.25, 0.3) is 0 Å². The Balaban J connectivity index is 2.38. The third-order valence-corrected chi connectivity index (χ3v) is 3.65. The lowest BCUT2D eigenvalue weighted by Gasteiger charge is -2.18. The second-order valence-corrected chi connectivity index (χ2v) is 4.81. The van der Waals surface area contributed by atoms with E-state index in [1.807, 2.05) is 0 Å². The summed E-state index contributed by atoms with van der Waals surface area (Å²) in [6, 6.07) is 3.15. The zero-order chi connectivity index (χ0) is 14.4. The molecule has 0 N–H and O–H groups in total. The van der Waals surface area contributed by atoms with Crippen LogP contribution in [0.2, 0.25) is 0 Å². The SMILES string of the molecule is COc1ccc(OC)c2c1C(=O)c1onc(Br)c1C2=O. The van der Waals surface area contributed by atoms with Crippen molar-refractivity contribution in [2.75, 3.05) is 14.2 Å². The first-order valence-corrected chi connectivity index (χ1v) is 6.39. The summed E-state index contributed by atoms with van der Waals surface area (Å²) in [6.07, 6.45) is 0. The highest BCUT2D eigenvalue weighted by molar-refractivity contribution is 9.10. The number of aromatic nitrogens is 1. The van der Waals surface area contributed by atoms with Crippen LogP contribution in [-0.2, 0) is 0 Å². The van der Waals surface area contributed by atoms with Gasteiger partial charge in [-0.2, -0.15) is 0 Å². The van der Waals surface area contributed by atoms with E-state index in [9.17, 15) is 9.59 Å². The van der Waals surface area contributed by atoms with Crippen LogP contribution < -0.4 is 9.47 Å². The average Bonchev–Trinajstić information content (AvgIpc) is 2.85. The van der Waals surface area contributed by atoms with Gasteiger partial charge < -0.3 is 14.0 Å². The Kier molecular flexibility index (Phi) is 2.86. The summed E-state index contributed by atoms with van der Waals surface area (Å²) in [5.41, 5.74) is 0.398. The predicted octanol–water partition coefficient (Wildman–Crippen LogP) is 2.23. The molecule has 0 atom stereocenters. The number of ketones is 2. The standard InChI is InChI=1S/C13H8BrNO5/c1-18-5-3-4-6(19-2)8-7(5)10(16)9-12(11(8)17)20-15-13(9)14/h3-4H,1-2H3. The molecular formula is C13H8BrNO5. The Morgan fingerprint density at radius 1 is 1.00 bits per heavy atom. The molecule has 1 aromatic heterocycles. The van der Waals surface area contributed by atoms with Crippen LogP contribution in [-0.4, -0.2) is 30.9 Å². The molecule has 20 heavy (non-hydrogen) atoms. The fourth-order valence-corrected chi connectivity index (χ4v) is 2.65. The highest BCUT2D eigenvalue weighted by Gasteiger charge is 2.40. The zero-order valence-corrected chi connectivity index (χ0v) is 12.1. The second kappa shape index (κ2) is 4.45. The minimum Gasteiger partial charge on any atom is -0.496 e. The van der Waals surface area contributed by atoms with Crippen molar-refractivity contribution in [3.05, 3.63) is 39.2 Å². The quantitative estimate of drug-likeness (QED) is 0.713. The monoisotopic (exact) mass is 337 g/mol. The molecule has 0 bridgehead atoms. The van der Waals surface area contributed by atoms with E-state index in [0.717, 1.165) is 0 Å². The summed E-state index contributed by atoms with van der Waals surface area (Å²) in [5.74, 6) is -0.349. The van der Waals surface area contributed by atoms with Gasteiger partial charge in [0.2, 0.25) is 17.3 Å². The Bertz CT molecular complexity index is 749. The van der Waals surface area contributed by atoms with E-state index in [4.69, 9.17) is 14.0 Å². The summed E-state index contributed by atoms with van der Waals surface area (Å²) in [7, 11) is 2.85. The van der Waals surface area contributed by atoms with Gasteiger partial charge in [0.1, 0.15) is 17.1 Å². The predicted molar refractivity (Wildman–Crippen MR) is 70.6 cm³/mol. The number of rotatable bonds is 2. The van der Waals surface area contributed by atoms with Crippen molar-refractivity contribution in [2.24, 2.45) is 0 Å². The van der Waals surface area contributed by atoms with Gasteiger partial charge in [-0.15, -0.1) is 0 Å². The van der Waals surface area contributed by atoms with E-state index in [1.165, 1.54) is 14.2 Å². The number of carbonyl (C=O) groups excluding carboxylic acids is 2. The van der Waals surface area contributed by atoms with E-state index in [1.54, 1.807) is 12.1 Å². The molecule has 0 radical (unpaired) electrons. The zero-order valence-electron chi connectivity index (χ0n) is 10.5. The first-order valence-electron chi connectivity index (χ1n) is 5.59. The van der Waals surface area contributed by atoms with E-state index < -0.39 is 11.6 Å². The maximum Gasteiger partial charge on any atom is 0.236 e. The molecular weight excluding hydrogens is 330 g/mol. The van der Waals surface area contributed by atoms with E-state index in [2.05, 4.69) is 21.1 Å². The molecule has 1 aromatic carbocycles. The number of hydrogen-bond donors (Lipinski definition) is 0. The number of benzene rings is 1. The van der Waals surface area contributed by atoms with Gasteiger partial charge in [-0.05, 0) is 28.1 Å². The molecule has 0 saturated heterocycles. The summed E-state index contributed by atoms with van der Waals surface area (Å²) in [4.78, 5) is 25.0. The number of methoxy groups -OCH3 is 2. The molecule has 1 heterocycles. The molecule has 6 nitrogen and oxygen atoms in total. The lowest BCUT2D eigenvalue weighted by Crippen LogP contribution is -2.21. The van der Waals surface area contributed by atoms with Crippen LogP contribution in [0, 0.1) is 0 Å². The van der Waals surface area contributed by atoms with Crippen molar-refractivity contribution in [3.8, 4) is 11.5 Å². The first kappa shape index (κ1) is 12.9. The fraction of sp³-hybridized carbons (Fsp3) is 0.154. The summed E-state index contributed by atoms with van der Waals surface area (Å²) < 4.78 is 15.4. The van der Waals surface area contributed by atoms with Gasteiger partial charge >= 0.3 is 0 Å². The van der Waals surface area contributed by atoms with Gasteiger partial charge in [-0.1, -0.05) is 5.16 Å². The summed E-state index contributed by atoms with van der Waals surface area (Å²) in [5, 5.41) is 3.61. The molecule has 0 unspecified atom stereocenters. The summed E-state index contributed by atoms with van der Waals surface area (Å²) >= 11 is 3.10. The Hall–Kier alpha value is -2.15. The average molecular weight is 338 g/mol. The molecule has 102 valence electrons. The van der Waals surface area contributed by atoms with Crippen molar-refractivity contribution in [1.82, 2.24) is 5.16 Å². The van der Waals surface area contributed by atoms with Crippen LogP contribution in [0.1, 0.15) is 32.0 Å². The molecule has 0 fully saturated rings. The minimum absolute atomic E-state index is 0.0964. The topological polar surface area (TPSA) is 78.6 Å². The maximum absolute atomic E-state index is 12.6. The van der Waals surface area contributed by atoms with Crippen molar-refractivity contribution < 1.29 is 23.6 Å². The Morgan fingerprint density at radius 3 is 2.10 bits per heavy atom. The van der Waals surface area contributed by atoms with Crippen molar-refractivity contribution in [1.29, 1.82) is 0 Å². The molecule has 1 aliphatic carbocycles. The minimum atomic E-state index is -0.455. The van der Waals surface area contributed by atoms with Crippen molar-refractivity contribution >= 4 is 27.5 Å². The van der Waals surface area contributed by atoms with Gasteiger partial charge in [-0.3, -0.25) is 9.59 Å². The smallest absolute Gasteiger partial charge is 0.236 e. The second-order valence-electron chi connectivity index (χ2n) is 4.06. The Morgan fingerprint density at radius 2 is 1.55 bits per heavy atom. The molecule has 1 aliphatic rings. The van der Waals surface area contributed by atoms with Crippen LogP contribution in [0.4, 0.5) is 0 Å². The molecule has 0 amide bonds. The number of ether oxygens (including phenoxy) is 2. The normalized spacial score (nSPS) is 12.9. The van der Waals surface area contributed by atoms with Crippen LogP contribution in [0.5, 0.6) is 11.5 Å². The highest BCUT2D eigenvalue weighted by atomic mass is 79.9. The lowest BCUT2D eigenvalue weighted by molar-refractivity contribution is 0.0949. The molecule has 3 rings (SSSR count). The van der Waals surface area contributed by atoms with Crippen LogP contribution in [0.3, 0.4) is 0 Å². The van der Waals surface area contributed by atoms with Crippen LogP contribution in [0.25, 0.3) is 0 Å². The molecule has 0 spiro atoms. The largest absolute Gasteiger partial charge is 0.496 e. The molecule has 2 aromatic rings. The number of fused-ring (bicyclic) bond motifs is 2. The van der Waals surface area contributed by atoms with Crippen molar-refractivity contribution in [2.45, 2.75) is 0 Å². The number of carbonyl (C=O) groups is 2. The maximum atomic E-state index is 12.6. The van der Waals surface area contributed by atoms with Crippen LogP contribution in [0.15, 0.2) is 21.3 Å². The third kappa shape index (κ3) is 1.53. The van der Waals surface area contributed by atoms with E-state index in [0.29, 0.717) is 5.75 Å². The van der Waals surface area contributed by atoms with Gasteiger partial charge in [0.15, 0.2) is 4.60 Å².